The average molecular weight is 254 g/mol. The van der Waals surface area contributed by atoms with Gasteiger partial charge in [-0.3, -0.25) is 0 Å². The van der Waals surface area contributed by atoms with Gasteiger partial charge in [0.2, 0.25) is 0 Å². The van der Waals surface area contributed by atoms with Gasteiger partial charge in [-0.25, -0.2) is 4.79 Å². The molecule has 0 aromatic heterocycles. The van der Waals surface area contributed by atoms with E-state index in [0.29, 0.717) is 0 Å². The Hall–Kier alpha value is -1.03. The minimum Gasteiger partial charge on any atom is -0.444 e. The highest BCUT2D eigenvalue weighted by molar-refractivity contribution is 5.68. The summed E-state index contributed by atoms with van der Waals surface area (Å²) in [5, 5.41) is 2.93. The molecule has 1 N–H and O–H groups in total. The van der Waals surface area contributed by atoms with Crippen LogP contribution in [-0.4, -0.2) is 42.3 Å². The van der Waals surface area contributed by atoms with E-state index >= 15 is 0 Å². The smallest absolute Gasteiger partial charge is 0.407 e. The summed E-state index contributed by atoms with van der Waals surface area (Å²) in [5.41, 5.74) is -0.424. The standard InChI is InChI=1S/C14H26N2O2/c1-5-6-7-9-16-10-8-12(11-16)15-13(17)18-14(2,3)4/h5,12H,1,6-11H2,2-4H3,(H,15,17)/t12-/m1/s1. The number of amides is 1. The predicted molar refractivity (Wildman–Crippen MR) is 73.6 cm³/mol. The first-order valence-corrected chi connectivity index (χ1v) is 6.73. The molecule has 1 saturated heterocycles. The second-order valence-corrected chi connectivity index (χ2v) is 5.86. The number of alkyl carbamates (subject to hydrolysis) is 1. The van der Waals surface area contributed by atoms with E-state index < -0.39 is 5.60 Å². The molecule has 0 aromatic rings. The van der Waals surface area contributed by atoms with Crippen LogP contribution in [0.5, 0.6) is 0 Å². The second kappa shape index (κ2) is 6.78. The van der Waals surface area contributed by atoms with Crippen LogP contribution in [0.25, 0.3) is 0 Å². The molecule has 18 heavy (non-hydrogen) atoms. The first kappa shape index (κ1) is 15.0. The fourth-order valence-electron chi connectivity index (χ4n) is 2.09. The van der Waals surface area contributed by atoms with E-state index in [9.17, 15) is 4.79 Å². The molecular weight excluding hydrogens is 228 g/mol. The molecule has 0 radical (unpaired) electrons. The first-order chi connectivity index (χ1) is 8.40. The molecule has 0 aliphatic carbocycles. The van der Waals surface area contributed by atoms with Crippen molar-refractivity contribution in [3.05, 3.63) is 12.7 Å². The molecule has 0 bridgehead atoms. The number of ether oxygens (including phenoxy) is 1. The maximum atomic E-state index is 11.6. The van der Waals surface area contributed by atoms with Gasteiger partial charge in [-0.05, 0) is 46.6 Å². The molecule has 0 saturated carbocycles. The molecule has 0 spiro atoms. The Morgan fingerprint density at radius 3 is 2.89 bits per heavy atom. The molecular formula is C14H26N2O2. The van der Waals surface area contributed by atoms with E-state index in [1.54, 1.807) is 0 Å². The predicted octanol–water partition coefficient (Wildman–Crippen LogP) is 2.55. The summed E-state index contributed by atoms with van der Waals surface area (Å²) in [6.07, 6.45) is 4.85. The monoisotopic (exact) mass is 254 g/mol. The number of carbonyl (C=O) groups excluding carboxylic acids is 1. The Morgan fingerprint density at radius 1 is 1.56 bits per heavy atom. The Balaban J connectivity index is 2.21. The van der Waals surface area contributed by atoms with Crippen LogP contribution in [0.15, 0.2) is 12.7 Å². The molecule has 104 valence electrons. The average Bonchev–Trinajstić information content (AvgIpc) is 2.63. The summed E-state index contributed by atoms with van der Waals surface area (Å²) in [4.78, 5) is 14.0. The lowest BCUT2D eigenvalue weighted by Gasteiger charge is -2.22. The van der Waals surface area contributed by atoms with Crippen LogP contribution in [0.1, 0.15) is 40.0 Å². The third kappa shape index (κ3) is 6.05. The third-order valence-corrected chi connectivity index (χ3v) is 2.88. The number of nitrogens with zero attached hydrogens (tertiary/aromatic N) is 1. The zero-order chi connectivity index (χ0) is 13.6. The van der Waals surface area contributed by atoms with Crippen molar-refractivity contribution in [2.24, 2.45) is 0 Å². The lowest BCUT2D eigenvalue weighted by Crippen LogP contribution is -2.40. The Labute approximate surface area is 110 Å². The van der Waals surface area contributed by atoms with Crippen LogP contribution in [-0.2, 0) is 4.74 Å². The van der Waals surface area contributed by atoms with Crippen molar-refractivity contribution in [2.45, 2.75) is 51.7 Å². The summed E-state index contributed by atoms with van der Waals surface area (Å²) >= 11 is 0. The van der Waals surface area contributed by atoms with E-state index in [1.165, 1.54) is 0 Å². The number of likely N-dealkylation sites (tertiary alicyclic amines) is 1. The maximum absolute atomic E-state index is 11.6. The van der Waals surface area contributed by atoms with Gasteiger partial charge in [0.25, 0.3) is 0 Å². The van der Waals surface area contributed by atoms with E-state index in [4.69, 9.17) is 4.74 Å². The van der Waals surface area contributed by atoms with E-state index in [0.717, 1.165) is 38.9 Å². The van der Waals surface area contributed by atoms with Crippen LogP contribution in [0.4, 0.5) is 4.79 Å². The lowest BCUT2D eigenvalue weighted by molar-refractivity contribution is 0.0506. The number of hydrogen-bond donors (Lipinski definition) is 1. The summed E-state index contributed by atoms with van der Waals surface area (Å²) < 4.78 is 5.25. The molecule has 1 aliphatic rings. The second-order valence-electron chi connectivity index (χ2n) is 5.86. The maximum Gasteiger partial charge on any atom is 0.407 e. The van der Waals surface area contributed by atoms with Gasteiger partial charge in [0.15, 0.2) is 0 Å². The molecule has 1 amide bonds. The third-order valence-electron chi connectivity index (χ3n) is 2.88. The van der Waals surface area contributed by atoms with Crippen LogP contribution < -0.4 is 5.32 Å². The summed E-state index contributed by atoms with van der Waals surface area (Å²) in [6, 6.07) is 0.226. The van der Waals surface area contributed by atoms with Gasteiger partial charge in [-0.15, -0.1) is 6.58 Å². The molecule has 0 unspecified atom stereocenters. The lowest BCUT2D eigenvalue weighted by atomic mass is 10.2. The molecule has 4 heteroatoms. The Morgan fingerprint density at radius 2 is 2.28 bits per heavy atom. The summed E-state index contributed by atoms with van der Waals surface area (Å²) in [6.45, 7) is 12.4. The van der Waals surface area contributed by atoms with Crippen molar-refractivity contribution in [3.8, 4) is 0 Å². The van der Waals surface area contributed by atoms with Crippen molar-refractivity contribution in [1.29, 1.82) is 0 Å². The highest BCUT2D eigenvalue weighted by Gasteiger charge is 2.25. The molecule has 4 nitrogen and oxygen atoms in total. The molecule has 1 atom stereocenters. The number of allylic oxidation sites excluding steroid dienone is 1. The Kier molecular flexibility index (Phi) is 5.66. The topological polar surface area (TPSA) is 41.6 Å². The zero-order valence-electron chi connectivity index (χ0n) is 11.9. The SMILES string of the molecule is C=CCCCN1CC[C@@H](NC(=O)OC(C)(C)C)C1. The van der Waals surface area contributed by atoms with Gasteiger partial charge in [0, 0.05) is 19.1 Å². The normalized spacial score (nSPS) is 20.7. The highest BCUT2D eigenvalue weighted by atomic mass is 16.6. The van der Waals surface area contributed by atoms with Gasteiger partial charge in [0.05, 0.1) is 0 Å². The van der Waals surface area contributed by atoms with E-state index in [-0.39, 0.29) is 12.1 Å². The van der Waals surface area contributed by atoms with Crippen molar-refractivity contribution in [1.82, 2.24) is 10.2 Å². The molecule has 1 fully saturated rings. The quantitative estimate of drug-likeness (QED) is 0.605. The summed E-state index contributed by atoms with van der Waals surface area (Å²) in [5.74, 6) is 0. The van der Waals surface area contributed by atoms with E-state index in [2.05, 4.69) is 16.8 Å². The van der Waals surface area contributed by atoms with Gasteiger partial charge in [0.1, 0.15) is 5.60 Å². The van der Waals surface area contributed by atoms with Crippen LogP contribution in [0.3, 0.4) is 0 Å². The van der Waals surface area contributed by atoms with Crippen molar-refractivity contribution < 1.29 is 9.53 Å². The Bertz CT molecular complexity index is 284. The van der Waals surface area contributed by atoms with Gasteiger partial charge >= 0.3 is 6.09 Å². The fourth-order valence-corrected chi connectivity index (χ4v) is 2.09. The van der Waals surface area contributed by atoms with Crippen molar-refractivity contribution in [2.75, 3.05) is 19.6 Å². The first-order valence-electron chi connectivity index (χ1n) is 6.73. The summed E-state index contributed by atoms with van der Waals surface area (Å²) in [7, 11) is 0. The molecule has 0 aromatic carbocycles. The van der Waals surface area contributed by atoms with Crippen molar-refractivity contribution in [3.63, 3.8) is 0 Å². The minimum absolute atomic E-state index is 0.226. The van der Waals surface area contributed by atoms with E-state index in [1.807, 2.05) is 26.8 Å². The number of carbonyl (C=O) groups is 1. The van der Waals surface area contributed by atoms with Gasteiger partial charge in [-0.1, -0.05) is 6.08 Å². The van der Waals surface area contributed by atoms with Crippen LogP contribution in [0.2, 0.25) is 0 Å². The number of nitrogens with one attached hydrogen (secondary N) is 1. The van der Waals surface area contributed by atoms with Gasteiger partial charge < -0.3 is 15.0 Å². The minimum atomic E-state index is -0.424. The molecule has 1 heterocycles. The fraction of sp³-hybridized carbons (Fsp3) is 0.786. The largest absolute Gasteiger partial charge is 0.444 e. The van der Waals surface area contributed by atoms with Crippen LogP contribution >= 0.6 is 0 Å². The van der Waals surface area contributed by atoms with Gasteiger partial charge in [-0.2, -0.15) is 0 Å². The number of rotatable bonds is 5. The molecule has 1 aliphatic heterocycles. The van der Waals surface area contributed by atoms with Crippen LogP contribution in [0, 0.1) is 0 Å². The van der Waals surface area contributed by atoms with Crippen molar-refractivity contribution >= 4 is 6.09 Å². The zero-order valence-corrected chi connectivity index (χ0v) is 11.9. The molecule has 1 rings (SSSR count). The number of hydrogen-bond acceptors (Lipinski definition) is 3. The number of unbranched alkanes of at least 4 members (excludes halogenated alkanes) is 1. The highest BCUT2D eigenvalue weighted by Crippen LogP contribution is 2.12.